The van der Waals surface area contributed by atoms with E-state index in [1.807, 2.05) is 0 Å². The fourth-order valence-electron chi connectivity index (χ4n) is 4.44. The number of carbonyl (C=O) groups excluding carboxylic acids is 1. The Morgan fingerprint density at radius 2 is 2.07 bits per heavy atom. The summed E-state index contributed by atoms with van der Waals surface area (Å²) < 4.78 is 10.9. The Bertz CT molecular complexity index is 830. The molecule has 0 spiro atoms. The third kappa shape index (κ3) is 3.98. The van der Waals surface area contributed by atoms with Crippen molar-refractivity contribution < 1.29 is 14.3 Å². The van der Waals surface area contributed by atoms with Crippen molar-refractivity contribution in [2.45, 2.75) is 50.4 Å². The first-order valence-electron chi connectivity index (χ1n) is 10.3. The molecule has 0 bridgehead atoms. The molecule has 0 saturated heterocycles. The molecule has 1 aromatic heterocycles. The van der Waals surface area contributed by atoms with Crippen molar-refractivity contribution >= 4 is 11.7 Å². The van der Waals surface area contributed by atoms with E-state index in [4.69, 9.17) is 9.47 Å². The maximum absolute atomic E-state index is 12.0. The number of aromatic nitrogens is 1. The van der Waals surface area contributed by atoms with Gasteiger partial charge in [-0.15, -0.1) is 0 Å². The number of methoxy groups -OCH3 is 1. The Kier molecular flexibility index (Phi) is 5.79. The minimum absolute atomic E-state index is 0.342. The van der Waals surface area contributed by atoms with Crippen molar-refractivity contribution in [2.24, 2.45) is 0 Å². The highest BCUT2D eigenvalue weighted by molar-refractivity contribution is 5.95. The number of benzene rings is 1. The zero-order chi connectivity index (χ0) is 19.3. The molecule has 2 aromatic rings. The van der Waals surface area contributed by atoms with E-state index in [2.05, 4.69) is 28.5 Å². The number of hydrogen-bond donors (Lipinski definition) is 1. The van der Waals surface area contributed by atoms with Gasteiger partial charge in [0.05, 0.1) is 31.2 Å². The number of esters is 1. The zero-order valence-corrected chi connectivity index (χ0v) is 16.4. The Labute approximate surface area is 166 Å². The van der Waals surface area contributed by atoms with Gasteiger partial charge in [-0.1, -0.05) is 31.4 Å². The molecule has 1 aliphatic carbocycles. The van der Waals surface area contributed by atoms with Gasteiger partial charge in [-0.05, 0) is 48.4 Å². The van der Waals surface area contributed by atoms with Gasteiger partial charge < -0.3 is 14.8 Å². The number of nitrogens with one attached hydrogen (secondary N) is 1. The average molecular weight is 380 g/mol. The molecule has 1 saturated carbocycles. The molecule has 0 amide bonds. The number of ether oxygens (including phenoxy) is 2. The van der Waals surface area contributed by atoms with Gasteiger partial charge in [-0.3, -0.25) is 4.98 Å². The highest BCUT2D eigenvalue weighted by Crippen LogP contribution is 2.39. The fourth-order valence-corrected chi connectivity index (χ4v) is 4.44. The van der Waals surface area contributed by atoms with Crippen LogP contribution in [0.15, 0.2) is 36.7 Å². The number of pyridine rings is 1. The van der Waals surface area contributed by atoms with Crippen LogP contribution in [0.3, 0.4) is 0 Å². The van der Waals surface area contributed by atoms with Crippen molar-refractivity contribution in [1.82, 2.24) is 4.98 Å². The number of rotatable bonds is 5. The van der Waals surface area contributed by atoms with Crippen molar-refractivity contribution in [3.8, 4) is 5.75 Å². The van der Waals surface area contributed by atoms with Crippen LogP contribution in [0, 0.1) is 0 Å². The van der Waals surface area contributed by atoms with Crippen LogP contribution in [0.2, 0.25) is 0 Å². The van der Waals surface area contributed by atoms with Crippen LogP contribution >= 0.6 is 0 Å². The fraction of sp³-hybridized carbons (Fsp3) is 0.478. The predicted octanol–water partition coefficient (Wildman–Crippen LogP) is 4.89. The van der Waals surface area contributed by atoms with Crippen LogP contribution in [-0.2, 0) is 4.74 Å². The molecule has 5 nitrogen and oxygen atoms in total. The summed E-state index contributed by atoms with van der Waals surface area (Å²) in [5.41, 5.74) is 3.90. The molecule has 1 fully saturated rings. The van der Waals surface area contributed by atoms with E-state index in [-0.39, 0.29) is 5.97 Å². The SMILES string of the molecule is COC(=O)c1ccncc1NC[C@@H]1CCOc2cc(C3CCCCC3)ccc21. The third-order valence-electron chi connectivity index (χ3n) is 6.04. The van der Waals surface area contributed by atoms with Crippen LogP contribution in [0.25, 0.3) is 0 Å². The molecular formula is C23H28N2O3. The second-order valence-corrected chi connectivity index (χ2v) is 7.76. The van der Waals surface area contributed by atoms with Crippen LogP contribution in [0.5, 0.6) is 5.75 Å². The molecule has 28 heavy (non-hydrogen) atoms. The summed E-state index contributed by atoms with van der Waals surface area (Å²) >= 11 is 0. The molecule has 1 N–H and O–H groups in total. The van der Waals surface area contributed by atoms with Gasteiger partial charge in [-0.2, -0.15) is 0 Å². The molecule has 0 unspecified atom stereocenters. The number of carbonyl (C=O) groups is 1. The van der Waals surface area contributed by atoms with E-state index < -0.39 is 0 Å². The summed E-state index contributed by atoms with van der Waals surface area (Å²) in [4.78, 5) is 16.1. The second kappa shape index (κ2) is 8.63. The first kappa shape index (κ1) is 18.8. The van der Waals surface area contributed by atoms with Gasteiger partial charge >= 0.3 is 5.97 Å². The third-order valence-corrected chi connectivity index (χ3v) is 6.04. The first-order chi connectivity index (χ1) is 13.8. The summed E-state index contributed by atoms with van der Waals surface area (Å²) in [6.45, 7) is 1.46. The first-order valence-corrected chi connectivity index (χ1v) is 10.3. The molecule has 148 valence electrons. The van der Waals surface area contributed by atoms with Crippen LogP contribution in [0.1, 0.15) is 71.8 Å². The topological polar surface area (TPSA) is 60.5 Å². The number of anilines is 1. The normalized spacial score (nSPS) is 19.4. The van der Waals surface area contributed by atoms with E-state index in [1.165, 1.54) is 50.3 Å². The van der Waals surface area contributed by atoms with E-state index >= 15 is 0 Å². The van der Waals surface area contributed by atoms with Gasteiger partial charge in [0.1, 0.15) is 5.75 Å². The minimum Gasteiger partial charge on any atom is -0.493 e. The molecular weight excluding hydrogens is 352 g/mol. The Morgan fingerprint density at radius 1 is 1.21 bits per heavy atom. The summed E-state index contributed by atoms with van der Waals surface area (Å²) in [7, 11) is 1.39. The lowest BCUT2D eigenvalue weighted by Gasteiger charge is -2.29. The molecule has 2 heterocycles. The number of nitrogens with zero attached hydrogens (tertiary/aromatic N) is 1. The van der Waals surface area contributed by atoms with Gasteiger partial charge in [-0.25, -0.2) is 4.79 Å². The Hall–Kier alpha value is -2.56. The molecule has 0 radical (unpaired) electrons. The molecule has 5 heteroatoms. The number of hydrogen-bond acceptors (Lipinski definition) is 5. The van der Waals surface area contributed by atoms with Gasteiger partial charge in [0.15, 0.2) is 0 Å². The molecule has 2 aliphatic rings. The molecule has 1 aromatic carbocycles. The highest BCUT2D eigenvalue weighted by atomic mass is 16.5. The highest BCUT2D eigenvalue weighted by Gasteiger charge is 2.24. The summed E-state index contributed by atoms with van der Waals surface area (Å²) in [5, 5.41) is 3.40. The van der Waals surface area contributed by atoms with E-state index in [9.17, 15) is 4.79 Å². The summed E-state index contributed by atoms with van der Waals surface area (Å²) in [6.07, 6.45) is 10.9. The maximum Gasteiger partial charge on any atom is 0.340 e. The zero-order valence-electron chi connectivity index (χ0n) is 16.4. The molecule has 1 atom stereocenters. The average Bonchev–Trinajstić information content (AvgIpc) is 2.77. The standard InChI is InChI=1S/C23H28N2O3/c1-27-23(26)20-9-11-24-15-21(20)25-14-18-10-12-28-22-13-17(7-8-19(18)22)16-5-3-2-4-6-16/h7-9,11,13,15-16,18,25H,2-6,10,12,14H2,1H3/t18-/m0/s1. The van der Waals surface area contributed by atoms with E-state index in [0.717, 1.165) is 25.3 Å². The van der Waals surface area contributed by atoms with Crippen LogP contribution in [0.4, 0.5) is 5.69 Å². The second-order valence-electron chi connectivity index (χ2n) is 7.76. The van der Waals surface area contributed by atoms with Gasteiger partial charge in [0, 0.05) is 18.7 Å². The minimum atomic E-state index is -0.352. The van der Waals surface area contributed by atoms with Gasteiger partial charge in [0.2, 0.25) is 0 Å². The van der Waals surface area contributed by atoms with Gasteiger partial charge in [0.25, 0.3) is 0 Å². The summed E-state index contributed by atoms with van der Waals surface area (Å²) in [5.74, 6) is 1.70. The predicted molar refractivity (Wildman–Crippen MR) is 109 cm³/mol. The van der Waals surface area contributed by atoms with E-state index in [0.29, 0.717) is 23.1 Å². The smallest absolute Gasteiger partial charge is 0.340 e. The lowest BCUT2D eigenvalue weighted by atomic mass is 9.82. The largest absolute Gasteiger partial charge is 0.493 e. The Balaban J connectivity index is 1.49. The maximum atomic E-state index is 12.0. The quantitative estimate of drug-likeness (QED) is 0.748. The van der Waals surface area contributed by atoms with Crippen LogP contribution < -0.4 is 10.1 Å². The van der Waals surface area contributed by atoms with Crippen molar-refractivity contribution in [3.05, 3.63) is 53.3 Å². The lowest BCUT2D eigenvalue weighted by molar-refractivity contribution is 0.0601. The molecule has 4 rings (SSSR count). The van der Waals surface area contributed by atoms with Crippen molar-refractivity contribution in [1.29, 1.82) is 0 Å². The van der Waals surface area contributed by atoms with Crippen LogP contribution in [-0.4, -0.2) is 31.2 Å². The number of fused-ring (bicyclic) bond motifs is 1. The summed E-state index contributed by atoms with van der Waals surface area (Å²) in [6, 6.07) is 8.49. The monoisotopic (exact) mass is 380 g/mol. The van der Waals surface area contributed by atoms with Crippen molar-refractivity contribution in [3.63, 3.8) is 0 Å². The lowest BCUT2D eigenvalue weighted by Crippen LogP contribution is -2.22. The molecule has 1 aliphatic heterocycles. The van der Waals surface area contributed by atoms with E-state index in [1.54, 1.807) is 18.5 Å². The van der Waals surface area contributed by atoms with Crippen molar-refractivity contribution in [2.75, 3.05) is 25.6 Å². The Morgan fingerprint density at radius 3 is 2.89 bits per heavy atom.